The van der Waals surface area contributed by atoms with Crippen LogP contribution in [0.5, 0.6) is 0 Å². The summed E-state index contributed by atoms with van der Waals surface area (Å²) in [6.45, 7) is -0.263. The molecule has 12 nitrogen and oxygen atoms in total. The van der Waals surface area contributed by atoms with E-state index >= 15 is 0 Å². The lowest BCUT2D eigenvalue weighted by atomic mass is 9.90. The van der Waals surface area contributed by atoms with Crippen LogP contribution in [0, 0.1) is 0 Å². The molecule has 10 rings (SSSR count). The van der Waals surface area contributed by atoms with Gasteiger partial charge in [-0.15, -0.1) is 22.7 Å². The van der Waals surface area contributed by atoms with Gasteiger partial charge in [0.15, 0.2) is 21.6 Å². The van der Waals surface area contributed by atoms with Gasteiger partial charge >= 0.3 is 12.4 Å². The molecule has 0 amide bonds. The molecule has 0 aliphatic heterocycles. The van der Waals surface area contributed by atoms with Crippen molar-refractivity contribution in [2.24, 2.45) is 0 Å². The van der Waals surface area contributed by atoms with Crippen LogP contribution in [-0.2, 0) is 47.6 Å². The number of alkyl halides is 6. The number of nitrogens with zero attached hydrogens (tertiary/aromatic N) is 4. The molecule has 2 aliphatic carbocycles. The van der Waals surface area contributed by atoms with E-state index in [-0.39, 0.29) is 71.9 Å². The standard InChI is InChI=1S/2C26H21F3N2O4S/c2*27-26(28,29)20-21(14-5-2-1-3-6-14)31-35-23(20)25-30-18-11-9-15-13-16(8-10-17(15)24(18)36-25)22(34)19(33)7-4-12-32/h2*1-3,5-6,8,10,13,22,32,34H,4,7,9,11-12H2/t2*22-/m10/s1. The summed E-state index contributed by atoms with van der Waals surface area (Å²) < 4.78 is 95.1. The number of hydrogen-bond donors (Lipinski definition) is 4. The SMILES string of the molecule is O=C(CCCO)[C@@H](O)c1ccc2c(c1)CCc1nc(-c3onc(-c4ccccc4)c3C(F)(F)F)sc1-2.O=C(CCCO)[C@H](O)c1ccc2c(c1)CCc1nc(-c3onc(-c4ccccc4)c3C(F)(F)F)sc1-2. The zero-order valence-corrected chi connectivity index (χ0v) is 39.4. The van der Waals surface area contributed by atoms with Crippen molar-refractivity contribution in [2.45, 2.75) is 75.9 Å². The summed E-state index contributed by atoms with van der Waals surface area (Å²) in [6, 6.07) is 26.4. The fraction of sp³-hybridized carbons (Fsp3) is 0.269. The van der Waals surface area contributed by atoms with Gasteiger partial charge in [0.2, 0.25) is 11.5 Å². The van der Waals surface area contributed by atoms with Gasteiger partial charge in [0.05, 0.1) is 21.1 Å². The van der Waals surface area contributed by atoms with Crippen LogP contribution in [0.15, 0.2) is 106 Å². The number of hydrogen-bond acceptors (Lipinski definition) is 14. The van der Waals surface area contributed by atoms with Crippen LogP contribution in [-0.4, -0.2) is 65.5 Å². The molecule has 0 fully saturated rings. The molecule has 372 valence electrons. The third kappa shape index (κ3) is 10.2. The molecular formula is C52H42F6N4O8S2. The molecular weight excluding hydrogens is 987 g/mol. The Balaban J connectivity index is 0.000000178. The van der Waals surface area contributed by atoms with E-state index in [0.29, 0.717) is 59.3 Å². The summed E-state index contributed by atoms with van der Waals surface area (Å²) >= 11 is 2.20. The van der Waals surface area contributed by atoms with Crippen LogP contribution >= 0.6 is 22.7 Å². The Labute approximate surface area is 414 Å². The Hall–Kier alpha value is -6.68. The largest absolute Gasteiger partial charge is 0.422 e. The second-order valence-electron chi connectivity index (χ2n) is 17.0. The van der Waals surface area contributed by atoms with Crippen molar-refractivity contribution in [3.63, 3.8) is 0 Å². The molecule has 20 heteroatoms. The maximum atomic E-state index is 14.1. The molecule has 0 unspecified atom stereocenters. The highest BCUT2D eigenvalue weighted by Crippen LogP contribution is 2.49. The molecule has 0 saturated heterocycles. The van der Waals surface area contributed by atoms with Crippen molar-refractivity contribution in [1.29, 1.82) is 0 Å². The average molecular weight is 1030 g/mol. The van der Waals surface area contributed by atoms with E-state index in [4.69, 9.17) is 19.3 Å². The molecule has 72 heavy (non-hydrogen) atoms. The Kier molecular flexibility index (Phi) is 14.5. The molecule has 2 aliphatic rings. The third-order valence-corrected chi connectivity index (χ3v) is 14.5. The molecule has 0 saturated carbocycles. The van der Waals surface area contributed by atoms with Crippen LogP contribution in [0.3, 0.4) is 0 Å². The van der Waals surface area contributed by atoms with Crippen molar-refractivity contribution < 1.29 is 65.4 Å². The van der Waals surface area contributed by atoms with Crippen molar-refractivity contribution >= 4 is 34.2 Å². The lowest BCUT2D eigenvalue weighted by molar-refractivity contribution is -0.137. The number of thiazole rings is 2. The predicted octanol–water partition coefficient (Wildman–Crippen LogP) is 11.2. The van der Waals surface area contributed by atoms with E-state index in [2.05, 4.69) is 20.3 Å². The lowest BCUT2D eigenvalue weighted by Crippen LogP contribution is -2.13. The summed E-state index contributed by atoms with van der Waals surface area (Å²) in [7, 11) is 0. The Morgan fingerprint density at radius 2 is 0.958 bits per heavy atom. The van der Waals surface area contributed by atoms with Gasteiger partial charge in [-0.2, -0.15) is 26.3 Å². The van der Waals surface area contributed by atoms with Gasteiger partial charge in [-0.05, 0) is 71.9 Å². The number of benzene rings is 4. The molecule has 4 aromatic heterocycles. The fourth-order valence-corrected chi connectivity index (χ4v) is 11.0. The number of carbonyl (C=O) groups excluding carboxylic acids is 2. The highest BCUT2D eigenvalue weighted by molar-refractivity contribution is 7.19. The third-order valence-electron chi connectivity index (χ3n) is 12.2. The highest BCUT2D eigenvalue weighted by Gasteiger charge is 2.44. The first-order chi connectivity index (χ1) is 34.5. The second-order valence-corrected chi connectivity index (χ2v) is 19.0. The van der Waals surface area contributed by atoms with Gasteiger partial charge in [-0.1, -0.05) is 107 Å². The van der Waals surface area contributed by atoms with Crippen LogP contribution < -0.4 is 0 Å². The Bertz CT molecular complexity index is 3040. The van der Waals surface area contributed by atoms with E-state index in [0.717, 1.165) is 54.7 Å². The van der Waals surface area contributed by atoms with Gasteiger partial charge < -0.3 is 29.5 Å². The Morgan fingerprint density at radius 3 is 1.32 bits per heavy atom. The van der Waals surface area contributed by atoms with Crippen LogP contribution in [0.25, 0.3) is 64.9 Å². The predicted molar refractivity (Wildman–Crippen MR) is 254 cm³/mol. The number of ketones is 2. The zero-order valence-electron chi connectivity index (χ0n) is 37.8. The molecule has 2 atom stereocenters. The normalized spacial score (nSPS) is 13.8. The minimum absolute atomic E-state index is 0.0702. The summed E-state index contributed by atoms with van der Waals surface area (Å²) in [4.78, 5) is 34.7. The van der Waals surface area contributed by atoms with Crippen molar-refractivity contribution in [2.75, 3.05) is 13.2 Å². The minimum Gasteiger partial charge on any atom is -0.396 e. The summed E-state index contributed by atoms with van der Waals surface area (Å²) in [5, 5.41) is 46.3. The monoisotopic (exact) mass is 1030 g/mol. The maximum absolute atomic E-state index is 14.1. The van der Waals surface area contributed by atoms with Crippen LogP contribution in [0.2, 0.25) is 0 Å². The van der Waals surface area contributed by atoms with Crippen LogP contribution in [0.1, 0.15) is 82.7 Å². The zero-order chi connectivity index (χ0) is 50.9. The number of Topliss-reactive ketones (excluding diaryl/α,β-unsaturated/α-hetero) is 2. The second kappa shape index (κ2) is 20.8. The lowest BCUT2D eigenvalue weighted by Gasteiger charge is -2.18. The summed E-state index contributed by atoms with van der Waals surface area (Å²) in [5.41, 5.74) is 3.71. The number of carbonyl (C=O) groups is 2. The molecule has 0 radical (unpaired) electrons. The first-order valence-electron chi connectivity index (χ1n) is 22.7. The fourth-order valence-electron chi connectivity index (χ4n) is 8.72. The first-order valence-corrected chi connectivity index (χ1v) is 24.3. The molecule has 4 aromatic carbocycles. The van der Waals surface area contributed by atoms with E-state index < -0.39 is 47.2 Å². The van der Waals surface area contributed by atoms with Gasteiger partial charge in [-0.3, -0.25) is 9.59 Å². The quantitative estimate of drug-likeness (QED) is 0.0755. The first kappa shape index (κ1) is 50.3. The van der Waals surface area contributed by atoms with Gasteiger partial charge in [0, 0.05) is 37.2 Å². The highest BCUT2D eigenvalue weighted by atomic mass is 32.1. The van der Waals surface area contributed by atoms with E-state index in [9.17, 15) is 46.1 Å². The van der Waals surface area contributed by atoms with Gasteiger partial charge in [0.1, 0.15) is 34.7 Å². The number of aryl methyl sites for hydroxylation is 4. The van der Waals surface area contributed by atoms with E-state index in [1.807, 2.05) is 0 Å². The smallest absolute Gasteiger partial charge is 0.396 e. The average Bonchev–Trinajstić information content (AvgIpc) is 4.22. The number of rotatable bonds is 14. The molecule has 4 heterocycles. The molecule has 4 N–H and O–H groups in total. The summed E-state index contributed by atoms with van der Waals surface area (Å²) in [5.74, 6) is -1.58. The number of aliphatic hydroxyl groups is 4. The summed E-state index contributed by atoms with van der Waals surface area (Å²) in [6.07, 6.45) is -9.15. The van der Waals surface area contributed by atoms with Crippen molar-refractivity contribution in [1.82, 2.24) is 20.3 Å². The maximum Gasteiger partial charge on any atom is 0.422 e. The van der Waals surface area contributed by atoms with Crippen molar-refractivity contribution in [3.8, 4) is 64.9 Å². The Morgan fingerprint density at radius 1 is 0.569 bits per heavy atom. The van der Waals surface area contributed by atoms with Gasteiger partial charge in [-0.25, -0.2) is 9.97 Å². The minimum atomic E-state index is -4.70. The molecule has 0 bridgehead atoms. The molecule has 8 aromatic rings. The topological polar surface area (TPSA) is 193 Å². The van der Waals surface area contributed by atoms with Crippen molar-refractivity contribution in [3.05, 3.63) is 142 Å². The number of fused-ring (bicyclic) bond motifs is 6. The van der Waals surface area contributed by atoms with Gasteiger partial charge in [0.25, 0.3) is 0 Å². The number of aromatic nitrogens is 4. The number of aliphatic hydroxyl groups excluding tert-OH is 4. The van der Waals surface area contributed by atoms with E-state index in [1.54, 1.807) is 97.1 Å². The molecule has 0 spiro atoms. The van der Waals surface area contributed by atoms with E-state index in [1.165, 1.54) is 0 Å². The number of halogens is 6. The van der Waals surface area contributed by atoms with Crippen LogP contribution in [0.4, 0.5) is 26.3 Å².